The van der Waals surface area contributed by atoms with Crippen LogP contribution in [0.3, 0.4) is 0 Å². The van der Waals surface area contributed by atoms with Crippen molar-refractivity contribution in [2.45, 2.75) is 11.8 Å². The van der Waals surface area contributed by atoms with Gasteiger partial charge in [0.2, 0.25) is 0 Å². The molecule has 0 saturated carbocycles. The highest BCUT2D eigenvalue weighted by molar-refractivity contribution is 6.20. The molecule has 0 radical (unpaired) electrons. The number of aromatic amines is 1. The Morgan fingerprint density at radius 3 is 2.94 bits per heavy atom. The minimum absolute atomic E-state index is 0.218. The number of nitrogens with one attached hydrogen (secondary N) is 1. The number of nitrogens with zero attached hydrogens (tertiary/aromatic N) is 1. The van der Waals surface area contributed by atoms with Crippen molar-refractivity contribution in [2.75, 3.05) is 7.11 Å². The molecule has 2 rings (SSSR count). The van der Waals surface area contributed by atoms with Crippen molar-refractivity contribution in [3.8, 4) is 5.75 Å². The number of alkyl halides is 1. The SMILES string of the molecule is COc1ccc(C(Cl)Cc2ncc[nH]2)cc1F. The summed E-state index contributed by atoms with van der Waals surface area (Å²) in [7, 11) is 1.43. The molecule has 0 saturated heterocycles. The smallest absolute Gasteiger partial charge is 0.165 e. The van der Waals surface area contributed by atoms with E-state index in [1.165, 1.54) is 13.2 Å². The third-order valence-corrected chi connectivity index (χ3v) is 2.87. The van der Waals surface area contributed by atoms with Gasteiger partial charge in [0, 0.05) is 18.8 Å². The predicted molar refractivity (Wildman–Crippen MR) is 63.8 cm³/mol. The van der Waals surface area contributed by atoms with E-state index in [1.54, 1.807) is 24.5 Å². The second-order valence-electron chi connectivity index (χ2n) is 3.60. The van der Waals surface area contributed by atoms with Crippen LogP contribution < -0.4 is 4.74 Å². The van der Waals surface area contributed by atoms with Gasteiger partial charge in [0.05, 0.1) is 12.5 Å². The molecule has 0 amide bonds. The quantitative estimate of drug-likeness (QED) is 0.852. The molecule has 1 unspecified atom stereocenters. The first-order chi connectivity index (χ1) is 8.20. The lowest BCUT2D eigenvalue weighted by Gasteiger charge is -2.09. The van der Waals surface area contributed by atoms with Crippen LogP contribution in [0.5, 0.6) is 5.75 Å². The minimum Gasteiger partial charge on any atom is -0.494 e. The van der Waals surface area contributed by atoms with E-state index in [9.17, 15) is 4.39 Å². The number of hydrogen-bond donors (Lipinski definition) is 1. The maximum Gasteiger partial charge on any atom is 0.165 e. The number of imidazole rings is 1. The van der Waals surface area contributed by atoms with E-state index in [4.69, 9.17) is 16.3 Å². The monoisotopic (exact) mass is 254 g/mol. The summed E-state index contributed by atoms with van der Waals surface area (Å²) in [5.41, 5.74) is 0.710. The fourth-order valence-corrected chi connectivity index (χ4v) is 1.86. The first kappa shape index (κ1) is 11.9. The second kappa shape index (κ2) is 5.19. The maximum absolute atomic E-state index is 13.5. The highest BCUT2D eigenvalue weighted by atomic mass is 35.5. The molecule has 0 spiro atoms. The number of aromatic nitrogens is 2. The van der Waals surface area contributed by atoms with Gasteiger partial charge in [0.15, 0.2) is 11.6 Å². The molecule has 0 aliphatic heterocycles. The Labute approximate surface area is 104 Å². The van der Waals surface area contributed by atoms with Crippen LogP contribution in [-0.4, -0.2) is 17.1 Å². The maximum atomic E-state index is 13.5. The Morgan fingerprint density at radius 1 is 1.53 bits per heavy atom. The predicted octanol–water partition coefficient (Wildman–Crippen LogP) is 3.08. The summed E-state index contributed by atoms with van der Waals surface area (Å²) < 4.78 is 18.3. The van der Waals surface area contributed by atoms with Crippen LogP contribution in [-0.2, 0) is 6.42 Å². The Hall–Kier alpha value is -1.55. The lowest BCUT2D eigenvalue weighted by atomic mass is 10.1. The molecule has 2 aromatic rings. The molecule has 5 heteroatoms. The summed E-state index contributed by atoms with van der Waals surface area (Å²) in [5.74, 6) is 0.590. The van der Waals surface area contributed by atoms with Crippen LogP contribution in [0.25, 0.3) is 0 Å². The van der Waals surface area contributed by atoms with Gasteiger partial charge in [-0.1, -0.05) is 6.07 Å². The topological polar surface area (TPSA) is 37.9 Å². The van der Waals surface area contributed by atoms with Crippen LogP contribution in [0.1, 0.15) is 16.8 Å². The number of rotatable bonds is 4. The highest BCUT2D eigenvalue weighted by Crippen LogP contribution is 2.27. The Balaban J connectivity index is 2.14. The minimum atomic E-state index is -0.407. The van der Waals surface area contributed by atoms with Gasteiger partial charge in [-0.15, -0.1) is 11.6 Å². The van der Waals surface area contributed by atoms with Gasteiger partial charge < -0.3 is 9.72 Å². The fourth-order valence-electron chi connectivity index (χ4n) is 1.57. The van der Waals surface area contributed by atoms with Crippen molar-refractivity contribution in [2.24, 2.45) is 0 Å². The van der Waals surface area contributed by atoms with Crippen LogP contribution in [0.15, 0.2) is 30.6 Å². The van der Waals surface area contributed by atoms with E-state index < -0.39 is 5.82 Å². The zero-order chi connectivity index (χ0) is 12.3. The largest absolute Gasteiger partial charge is 0.494 e. The second-order valence-corrected chi connectivity index (χ2v) is 4.13. The lowest BCUT2D eigenvalue weighted by Crippen LogP contribution is -1.99. The molecule has 0 bridgehead atoms. The summed E-state index contributed by atoms with van der Waals surface area (Å²) in [4.78, 5) is 7.04. The summed E-state index contributed by atoms with van der Waals surface area (Å²) in [5, 5.41) is -0.318. The zero-order valence-electron chi connectivity index (χ0n) is 9.28. The zero-order valence-corrected chi connectivity index (χ0v) is 10.0. The molecule has 0 fully saturated rings. The summed E-state index contributed by atoms with van der Waals surface area (Å²) >= 11 is 6.20. The van der Waals surface area contributed by atoms with Crippen LogP contribution in [0.4, 0.5) is 4.39 Å². The molecule has 1 atom stereocenters. The highest BCUT2D eigenvalue weighted by Gasteiger charge is 2.13. The molecule has 1 aromatic carbocycles. The van der Waals surface area contributed by atoms with Crippen molar-refractivity contribution in [1.82, 2.24) is 9.97 Å². The van der Waals surface area contributed by atoms with Gasteiger partial charge in [-0.25, -0.2) is 9.37 Å². The van der Waals surface area contributed by atoms with Crippen LogP contribution in [0.2, 0.25) is 0 Å². The van der Waals surface area contributed by atoms with Gasteiger partial charge in [-0.3, -0.25) is 0 Å². The molecule has 1 N–H and O–H groups in total. The number of hydrogen-bond acceptors (Lipinski definition) is 2. The number of ether oxygens (including phenoxy) is 1. The normalized spacial score (nSPS) is 12.4. The van der Waals surface area contributed by atoms with E-state index >= 15 is 0 Å². The van der Waals surface area contributed by atoms with Gasteiger partial charge in [0.1, 0.15) is 5.82 Å². The van der Waals surface area contributed by atoms with E-state index in [0.29, 0.717) is 12.0 Å². The third kappa shape index (κ3) is 2.77. The van der Waals surface area contributed by atoms with Crippen molar-refractivity contribution in [3.63, 3.8) is 0 Å². The molecule has 1 heterocycles. The van der Waals surface area contributed by atoms with E-state index in [0.717, 1.165) is 5.82 Å². The van der Waals surface area contributed by atoms with Crippen molar-refractivity contribution >= 4 is 11.6 Å². The van der Waals surface area contributed by atoms with Gasteiger partial charge in [-0.05, 0) is 17.7 Å². The standard InChI is InChI=1S/C12H12ClFN2O/c1-17-11-3-2-8(6-10(11)14)9(13)7-12-15-4-5-16-12/h2-6,9H,7H2,1H3,(H,15,16). The van der Waals surface area contributed by atoms with Crippen LogP contribution in [0, 0.1) is 5.82 Å². The number of halogens is 2. The van der Waals surface area contributed by atoms with Crippen LogP contribution >= 0.6 is 11.6 Å². The molecular weight excluding hydrogens is 243 g/mol. The summed E-state index contributed by atoms with van der Waals surface area (Å²) in [6.45, 7) is 0. The van der Waals surface area contributed by atoms with Crippen molar-refractivity contribution < 1.29 is 9.13 Å². The molecule has 1 aromatic heterocycles. The van der Waals surface area contributed by atoms with Crippen molar-refractivity contribution in [1.29, 1.82) is 0 Å². The molecule has 0 aliphatic rings. The Bertz CT molecular complexity index is 487. The number of methoxy groups -OCH3 is 1. The van der Waals surface area contributed by atoms with Gasteiger partial charge in [0.25, 0.3) is 0 Å². The number of benzene rings is 1. The van der Waals surface area contributed by atoms with E-state index in [2.05, 4.69) is 9.97 Å². The molecule has 0 aliphatic carbocycles. The molecular formula is C12H12ClFN2O. The Kier molecular flexibility index (Phi) is 3.64. The van der Waals surface area contributed by atoms with Gasteiger partial charge >= 0.3 is 0 Å². The van der Waals surface area contributed by atoms with E-state index in [1.807, 2.05) is 0 Å². The fraction of sp³-hybridized carbons (Fsp3) is 0.250. The lowest BCUT2D eigenvalue weighted by molar-refractivity contribution is 0.386. The summed E-state index contributed by atoms with van der Waals surface area (Å²) in [6.07, 6.45) is 3.92. The first-order valence-electron chi connectivity index (χ1n) is 5.16. The average Bonchev–Trinajstić information content (AvgIpc) is 2.81. The molecule has 90 valence electrons. The third-order valence-electron chi connectivity index (χ3n) is 2.46. The number of H-pyrrole nitrogens is 1. The summed E-state index contributed by atoms with van der Waals surface area (Å²) in [6, 6.07) is 4.71. The average molecular weight is 255 g/mol. The van der Waals surface area contributed by atoms with E-state index in [-0.39, 0.29) is 11.1 Å². The first-order valence-corrected chi connectivity index (χ1v) is 5.60. The molecule has 17 heavy (non-hydrogen) atoms. The molecule has 3 nitrogen and oxygen atoms in total. The van der Waals surface area contributed by atoms with Gasteiger partial charge in [-0.2, -0.15) is 0 Å². The van der Waals surface area contributed by atoms with Crippen molar-refractivity contribution in [3.05, 3.63) is 47.8 Å². The Morgan fingerprint density at radius 2 is 2.35 bits per heavy atom.